The van der Waals surface area contributed by atoms with E-state index in [1.807, 2.05) is 53.4 Å². The normalized spacial score (nSPS) is 14.9. The zero-order chi connectivity index (χ0) is 22.3. The fraction of sp³-hybridized carbons (Fsp3) is 0.231. The first kappa shape index (κ1) is 22.1. The molecule has 5 nitrogen and oxygen atoms in total. The number of amides is 2. The molecule has 0 spiro atoms. The summed E-state index contributed by atoms with van der Waals surface area (Å²) >= 11 is 3.50. The Labute approximate surface area is 196 Å². The van der Waals surface area contributed by atoms with Crippen LogP contribution in [0.1, 0.15) is 38.3 Å². The van der Waals surface area contributed by atoms with Crippen LogP contribution in [-0.4, -0.2) is 36.4 Å². The molecular weight excluding hydrogens is 468 g/mol. The van der Waals surface area contributed by atoms with Crippen LogP contribution in [0.2, 0.25) is 0 Å². The van der Waals surface area contributed by atoms with Crippen molar-refractivity contribution < 1.29 is 14.3 Å². The predicted octanol–water partition coefficient (Wildman–Crippen LogP) is 4.85. The van der Waals surface area contributed by atoms with Crippen molar-refractivity contribution in [2.45, 2.75) is 19.4 Å². The first-order chi connectivity index (χ1) is 15.6. The number of carbonyl (C=O) groups excluding carboxylic acids is 2. The van der Waals surface area contributed by atoms with Crippen LogP contribution in [0.25, 0.3) is 0 Å². The van der Waals surface area contributed by atoms with Gasteiger partial charge in [-0.2, -0.15) is 0 Å². The van der Waals surface area contributed by atoms with Gasteiger partial charge in [0, 0.05) is 17.6 Å². The van der Waals surface area contributed by atoms with Gasteiger partial charge in [0.15, 0.2) is 0 Å². The average Bonchev–Trinajstić information content (AvgIpc) is 2.81. The van der Waals surface area contributed by atoms with E-state index in [-0.39, 0.29) is 18.4 Å². The molecule has 0 saturated carbocycles. The number of aryl methyl sites for hydroxylation is 1. The van der Waals surface area contributed by atoms with E-state index in [4.69, 9.17) is 4.74 Å². The van der Waals surface area contributed by atoms with Crippen LogP contribution in [0, 0.1) is 0 Å². The molecule has 1 aliphatic rings. The average molecular weight is 493 g/mol. The number of halogens is 1. The highest BCUT2D eigenvalue weighted by atomic mass is 79.9. The third kappa shape index (κ3) is 5.19. The van der Waals surface area contributed by atoms with E-state index in [0.717, 1.165) is 22.9 Å². The molecule has 32 heavy (non-hydrogen) atoms. The number of para-hydroxylation sites is 1. The predicted molar refractivity (Wildman–Crippen MR) is 128 cm³/mol. The number of ether oxygens (including phenoxy) is 1. The summed E-state index contributed by atoms with van der Waals surface area (Å²) in [6.07, 6.45) is 1.63. The van der Waals surface area contributed by atoms with E-state index >= 15 is 0 Å². The lowest BCUT2D eigenvalue weighted by Crippen LogP contribution is -2.35. The summed E-state index contributed by atoms with van der Waals surface area (Å²) in [6.45, 7) is 1.74. The van der Waals surface area contributed by atoms with Crippen molar-refractivity contribution in [3.05, 3.63) is 99.5 Å². The highest BCUT2D eigenvalue weighted by molar-refractivity contribution is 9.10. The van der Waals surface area contributed by atoms with Gasteiger partial charge < -0.3 is 15.0 Å². The summed E-state index contributed by atoms with van der Waals surface area (Å²) in [7, 11) is 0. The molecule has 6 heteroatoms. The Hall–Kier alpha value is -3.12. The van der Waals surface area contributed by atoms with Crippen LogP contribution in [0.5, 0.6) is 5.75 Å². The van der Waals surface area contributed by atoms with E-state index in [2.05, 4.69) is 33.4 Å². The van der Waals surface area contributed by atoms with Gasteiger partial charge in [0.2, 0.25) is 0 Å². The van der Waals surface area contributed by atoms with Gasteiger partial charge in [-0.05, 0) is 64.2 Å². The number of nitrogens with one attached hydrogen (secondary N) is 1. The second-order valence-electron chi connectivity index (χ2n) is 7.68. The molecule has 3 aromatic carbocycles. The third-order valence-electron chi connectivity index (χ3n) is 5.53. The van der Waals surface area contributed by atoms with Crippen LogP contribution in [0.15, 0.2) is 77.3 Å². The number of benzene rings is 3. The maximum atomic E-state index is 13.4. The lowest BCUT2D eigenvalue weighted by molar-refractivity contribution is 0.0713. The van der Waals surface area contributed by atoms with Crippen LogP contribution < -0.4 is 10.1 Å². The Morgan fingerprint density at radius 2 is 1.66 bits per heavy atom. The lowest BCUT2D eigenvalue weighted by Gasteiger charge is -2.25. The van der Waals surface area contributed by atoms with Crippen molar-refractivity contribution in [1.82, 2.24) is 10.2 Å². The summed E-state index contributed by atoms with van der Waals surface area (Å²) in [5, 5.41) is 2.99. The van der Waals surface area contributed by atoms with Crippen molar-refractivity contribution in [1.29, 1.82) is 0 Å². The maximum Gasteiger partial charge on any atom is 0.255 e. The van der Waals surface area contributed by atoms with Gasteiger partial charge in [0.1, 0.15) is 12.4 Å². The number of carbonyl (C=O) groups is 2. The van der Waals surface area contributed by atoms with Crippen molar-refractivity contribution in [2.24, 2.45) is 0 Å². The van der Waals surface area contributed by atoms with Crippen molar-refractivity contribution >= 4 is 27.7 Å². The Morgan fingerprint density at radius 1 is 0.938 bits per heavy atom. The lowest BCUT2D eigenvalue weighted by atomic mass is 10.0. The second kappa shape index (κ2) is 10.5. The van der Waals surface area contributed by atoms with Crippen molar-refractivity contribution in [2.75, 3.05) is 19.7 Å². The topological polar surface area (TPSA) is 58.6 Å². The van der Waals surface area contributed by atoms with Gasteiger partial charge in [0.05, 0.1) is 17.7 Å². The van der Waals surface area contributed by atoms with Gasteiger partial charge in [-0.1, -0.05) is 48.5 Å². The van der Waals surface area contributed by atoms with E-state index < -0.39 is 0 Å². The highest BCUT2D eigenvalue weighted by Gasteiger charge is 2.20. The fourth-order valence-electron chi connectivity index (χ4n) is 3.84. The van der Waals surface area contributed by atoms with E-state index in [1.165, 1.54) is 5.56 Å². The quantitative estimate of drug-likeness (QED) is 0.528. The Kier molecular flexibility index (Phi) is 7.22. The highest BCUT2D eigenvalue weighted by Crippen LogP contribution is 2.22. The summed E-state index contributed by atoms with van der Waals surface area (Å²) in [5.74, 6) is 0.317. The largest absolute Gasteiger partial charge is 0.491 e. The summed E-state index contributed by atoms with van der Waals surface area (Å²) in [5.41, 5.74) is 3.42. The van der Waals surface area contributed by atoms with Crippen LogP contribution in [-0.2, 0) is 13.0 Å². The van der Waals surface area contributed by atoms with Gasteiger partial charge in [-0.3, -0.25) is 9.59 Å². The first-order valence-electron chi connectivity index (χ1n) is 10.7. The molecule has 1 N–H and O–H groups in total. The van der Waals surface area contributed by atoms with Crippen LogP contribution in [0.3, 0.4) is 0 Å². The SMILES string of the molecule is O=C1NCCCc2ccccc2CN(C(=O)c2ccccc2Br)CCOc2ccccc21. The molecule has 164 valence electrons. The Balaban J connectivity index is 1.65. The number of nitrogens with zero attached hydrogens (tertiary/aromatic N) is 1. The molecule has 0 aliphatic carbocycles. The molecule has 0 atom stereocenters. The zero-order valence-electron chi connectivity index (χ0n) is 17.7. The number of fused-ring (bicyclic) bond motifs is 2. The standard InChI is InChI=1S/C26H25BrN2O3/c27-23-13-5-3-11-21(23)26(31)29-16-17-32-24-14-6-4-12-22(24)25(30)28-15-7-10-19-8-1-2-9-20(19)18-29/h1-6,8-9,11-14H,7,10,15-18H2,(H,28,30). The number of rotatable bonds is 1. The van der Waals surface area contributed by atoms with Gasteiger partial charge in [-0.25, -0.2) is 0 Å². The first-order valence-corrected chi connectivity index (χ1v) is 11.5. The smallest absolute Gasteiger partial charge is 0.255 e. The molecule has 0 saturated heterocycles. The summed E-state index contributed by atoms with van der Waals surface area (Å²) in [4.78, 5) is 27.9. The minimum absolute atomic E-state index is 0.0611. The molecule has 0 aromatic heterocycles. The Bertz CT molecular complexity index is 1120. The number of hydrogen-bond acceptors (Lipinski definition) is 3. The van der Waals surface area contributed by atoms with Crippen molar-refractivity contribution in [3.63, 3.8) is 0 Å². The molecular formula is C26H25BrN2O3. The molecule has 2 amide bonds. The molecule has 0 fully saturated rings. The van der Waals surface area contributed by atoms with Crippen molar-refractivity contribution in [3.8, 4) is 5.75 Å². The minimum atomic E-state index is -0.146. The molecule has 1 aliphatic heterocycles. The molecule has 0 unspecified atom stereocenters. The second-order valence-corrected chi connectivity index (χ2v) is 8.53. The minimum Gasteiger partial charge on any atom is -0.491 e. The van der Waals surface area contributed by atoms with E-state index in [9.17, 15) is 9.59 Å². The van der Waals surface area contributed by atoms with Gasteiger partial charge in [-0.15, -0.1) is 0 Å². The van der Waals surface area contributed by atoms with Gasteiger partial charge >= 0.3 is 0 Å². The van der Waals surface area contributed by atoms with E-state index in [0.29, 0.717) is 36.5 Å². The summed E-state index contributed by atoms with van der Waals surface area (Å²) in [6, 6.07) is 22.8. The molecule has 0 bridgehead atoms. The molecule has 4 rings (SSSR count). The molecule has 0 radical (unpaired) electrons. The van der Waals surface area contributed by atoms with Crippen LogP contribution in [0.4, 0.5) is 0 Å². The Morgan fingerprint density at radius 3 is 2.50 bits per heavy atom. The molecule has 1 heterocycles. The third-order valence-corrected chi connectivity index (χ3v) is 6.22. The van der Waals surface area contributed by atoms with E-state index in [1.54, 1.807) is 12.1 Å². The fourth-order valence-corrected chi connectivity index (χ4v) is 4.29. The molecule has 3 aromatic rings. The monoisotopic (exact) mass is 492 g/mol. The van der Waals surface area contributed by atoms with Crippen LogP contribution >= 0.6 is 15.9 Å². The summed E-state index contributed by atoms with van der Waals surface area (Å²) < 4.78 is 6.74. The zero-order valence-corrected chi connectivity index (χ0v) is 19.3. The van der Waals surface area contributed by atoms with Gasteiger partial charge in [0.25, 0.3) is 11.8 Å². The number of hydrogen-bond donors (Lipinski definition) is 1. The maximum absolute atomic E-state index is 13.4.